The van der Waals surface area contributed by atoms with E-state index in [2.05, 4.69) is 26.0 Å². The van der Waals surface area contributed by atoms with Gasteiger partial charge in [-0.3, -0.25) is 14.9 Å². The molecule has 0 bridgehead atoms. The van der Waals surface area contributed by atoms with Gasteiger partial charge in [-0.2, -0.15) is 9.61 Å². The molecule has 2 aliphatic carbocycles. The van der Waals surface area contributed by atoms with Crippen LogP contribution in [0, 0.1) is 0 Å². The third kappa shape index (κ3) is 3.22. The molecule has 5 rings (SSSR count). The zero-order chi connectivity index (χ0) is 19.3. The first-order valence-electron chi connectivity index (χ1n) is 9.71. The smallest absolute Gasteiger partial charge is 0.254 e. The minimum absolute atomic E-state index is 0.0216. The maximum Gasteiger partial charge on any atom is 0.254 e. The molecule has 9 nitrogen and oxygen atoms in total. The predicted molar refractivity (Wildman–Crippen MR) is 103 cm³/mol. The highest BCUT2D eigenvalue weighted by Crippen LogP contribution is 2.29. The highest BCUT2D eigenvalue weighted by Gasteiger charge is 2.28. The van der Waals surface area contributed by atoms with Crippen LogP contribution in [0.2, 0.25) is 0 Å². The largest absolute Gasteiger partial charge is 0.391 e. The van der Waals surface area contributed by atoms with Crippen molar-refractivity contribution < 1.29 is 14.7 Å². The first-order chi connectivity index (χ1) is 13.6. The summed E-state index contributed by atoms with van der Waals surface area (Å²) in [6, 6.07) is 2.32. The molecule has 9 heteroatoms. The van der Waals surface area contributed by atoms with Crippen LogP contribution in [-0.2, 0) is 9.59 Å². The van der Waals surface area contributed by atoms with Crippen molar-refractivity contribution in [1.29, 1.82) is 0 Å². The zero-order valence-corrected chi connectivity index (χ0v) is 15.3. The highest BCUT2D eigenvalue weighted by molar-refractivity contribution is 6.15. The number of carbonyl (C=O) groups is 2. The highest BCUT2D eigenvalue weighted by atomic mass is 16.3. The second-order valence-electron chi connectivity index (χ2n) is 7.75. The quantitative estimate of drug-likeness (QED) is 0.451. The summed E-state index contributed by atoms with van der Waals surface area (Å²) in [7, 11) is 0. The molecule has 3 fully saturated rings. The lowest BCUT2D eigenvalue weighted by Gasteiger charge is -2.18. The van der Waals surface area contributed by atoms with Gasteiger partial charge in [0.1, 0.15) is 11.6 Å². The van der Waals surface area contributed by atoms with E-state index >= 15 is 0 Å². The maximum atomic E-state index is 11.9. The molecule has 146 valence electrons. The molecule has 2 saturated carbocycles. The van der Waals surface area contributed by atoms with Gasteiger partial charge in [-0.05, 0) is 38.2 Å². The third-order valence-corrected chi connectivity index (χ3v) is 5.47. The Morgan fingerprint density at radius 3 is 2.75 bits per heavy atom. The number of hydrogen-bond acceptors (Lipinski definition) is 7. The molecule has 3 heterocycles. The molecule has 0 radical (unpaired) electrons. The lowest BCUT2D eigenvalue weighted by atomic mass is 10.1. The number of fused-ring (bicyclic) bond motifs is 1. The summed E-state index contributed by atoms with van der Waals surface area (Å²) in [5, 5.41) is 23.7. The van der Waals surface area contributed by atoms with Gasteiger partial charge in [0.15, 0.2) is 5.65 Å². The van der Waals surface area contributed by atoms with Crippen LogP contribution in [0.3, 0.4) is 0 Å². The van der Waals surface area contributed by atoms with E-state index in [0.29, 0.717) is 28.6 Å². The lowest BCUT2D eigenvalue weighted by Crippen LogP contribution is -2.28. The van der Waals surface area contributed by atoms with Crippen LogP contribution in [0.25, 0.3) is 11.7 Å². The minimum Gasteiger partial charge on any atom is -0.391 e. The Balaban J connectivity index is 1.54. The summed E-state index contributed by atoms with van der Waals surface area (Å²) in [4.78, 5) is 28.0. The fourth-order valence-corrected chi connectivity index (χ4v) is 3.80. The molecule has 1 aliphatic heterocycles. The van der Waals surface area contributed by atoms with Crippen molar-refractivity contribution >= 4 is 35.2 Å². The van der Waals surface area contributed by atoms with Crippen molar-refractivity contribution in [3.05, 3.63) is 23.4 Å². The molecule has 2 aromatic heterocycles. The number of imide groups is 1. The number of amides is 2. The van der Waals surface area contributed by atoms with Crippen LogP contribution in [0.4, 0.5) is 11.6 Å². The summed E-state index contributed by atoms with van der Waals surface area (Å²) in [5.74, 6) is 0.811. The van der Waals surface area contributed by atoms with E-state index in [4.69, 9.17) is 0 Å². The fourth-order valence-electron chi connectivity index (χ4n) is 3.80. The molecule has 4 N–H and O–H groups in total. The monoisotopic (exact) mass is 382 g/mol. The van der Waals surface area contributed by atoms with Gasteiger partial charge in [0.05, 0.1) is 24.8 Å². The SMILES string of the molecule is O=C1C/C(=C\c2cnn3c(NC4CC4)cc(N[C@H]4CCC[C@@H]4O)nc23)C(=O)N1. The van der Waals surface area contributed by atoms with Gasteiger partial charge in [-0.25, -0.2) is 4.98 Å². The molecular formula is C19H22N6O3. The van der Waals surface area contributed by atoms with E-state index in [1.54, 1.807) is 16.8 Å². The van der Waals surface area contributed by atoms with Gasteiger partial charge >= 0.3 is 0 Å². The van der Waals surface area contributed by atoms with Crippen LogP contribution < -0.4 is 16.0 Å². The average molecular weight is 382 g/mol. The van der Waals surface area contributed by atoms with E-state index in [-0.39, 0.29) is 30.4 Å². The average Bonchev–Trinajstić information content (AvgIpc) is 3.10. The van der Waals surface area contributed by atoms with E-state index in [9.17, 15) is 14.7 Å². The standard InChI is InChI=1S/C19H22N6O3/c26-14-3-1-2-13(14)22-15-8-16(21-12-4-5-12)25-18(23-15)11(9-20-25)6-10-7-17(27)24-19(10)28/h6,8-9,12-14,21,26H,1-5,7H2,(H,22,23)(H,24,27,28)/b10-6+/t13-,14-/m0/s1. The van der Waals surface area contributed by atoms with Crippen molar-refractivity contribution in [3.63, 3.8) is 0 Å². The molecule has 0 aromatic carbocycles. The van der Waals surface area contributed by atoms with Crippen molar-refractivity contribution in [2.24, 2.45) is 0 Å². The first-order valence-corrected chi connectivity index (χ1v) is 9.71. The molecular weight excluding hydrogens is 360 g/mol. The molecule has 28 heavy (non-hydrogen) atoms. The van der Waals surface area contributed by atoms with Gasteiger partial charge in [0, 0.05) is 23.2 Å². The normalized spacial score (nSPS) is 26.2. The van der Waals surface area contributed by atoms with Crippen LogP contribution in [0.5, 0.6) is 0 Å². The van der Waals surface area contributed by atoms with Crippen LogP contribution in [0.15, 0.2) is 17.8 Å². The van der Waals surface area contributed by atoms with Crippen LogP contribution >= 0.6 is 0 Å². The Labute approximate surface area is 161 Å². The Morgan fingerprint density at radius 2 is 2.07 bits per heavy atom. The minimum atomic E-state index is -0.377. The van der Waals surface area contributed by atoms with Crippen molar-refractivity contribution in [2.45, 2.75) is 56.7 Å². The summed E-state index contributed by atoms with van der Waals surface area (Å²) >= 11 is 0. The van der Waals surface area contributed by atoms with Gasteiger partial charge in [0.25, 0.3) is 5.91 Å². The number of hydrogen-bond donors (Lipinski definition) is 4. The molecule has 1 saturated heterocycles. The van der Waals surface area contributed by atoms with Gasteiger partial charge < -0.3 is 15.7 Å². The van der Waals surface area contributed by atoms with Gasteiger partial charge in [-0.1, -0.05) is 0 Å². The Morgan fingerprint density at radius 1 is 1.21 bits per heavy atom. The fraction of sp³-hybridized carbons (Fsp3) is 0.474. The summed E-state index contributed by atoms with van der Waals surface area (Å²) < 4.78 is 1.72. The van der Waals surface area contributed by atoms with Gasteiger partial charge in [-0.15, -0.1) is 0 Å². The third-order valence-electron chi connectivity index (χ3n) is 5.47. The topological polar surface area (TPSA) is 121 Å². The van der Waals surface area contributed by atoms with E-state index in [1.165, 1.54) is 0 Å². The Bertz CT molecular complexity index is 993. The molecule has 2 amide bonds. The lowest BCUT2D eigenvalue weighted by molar-refractivity contribution is -0.124. The number of aliphatic hydroxyl groups is 1. The van der Waals surface area contributed by atoms with Crippen LogP contribution in [-0.4, -0.2) is 49.7 Å². The van der Waals surface area contributed by atoms with E-state index in [0.717, 1.165) is 37.9 Å². The van der Waals surface area contributed by atoms with Crippen molar-refractivity contribution in [2.75, 3.05) is 10.6 Å². The van der Waals surface area contributed by atoms with Crippen molar-refractivity contribution in [3.8, 4) is 0 Å². The number of carbonyl (C=O) groups excluding carboxylic acids is 2. The van der Waals surface area contributed by atoms with E-state index in [1.807, 2.05) is 6.07 Å². The van der Waals surface area contributed by atoms with E-state index < -0.39 is 0 Å². The molecule has 2 aromatic rings. The van der Waals surface area contributed by atoms with Gasteiger partial charge in [0.2, 0.25) is 5.91 Å². The number of anilines is 2. The maximum absolute atomic E-state index is 11.9. The number of aromatic nitrogens is 3. The number of nitrogens with one attached hydrogen (secondary N) is 3. The summed E-state index contributed by atoms with van der Waals surface area (Å²) in [6.07, 6.45) is 7.93. The zero-order valence-electron chi connectivity index (χ0n) is 15.3. The summed E-state index contributed by atoms with van der Waals surface area (Å²) in [5.41, 5.74) is 1.68. The Hall–Kier alpha value is -2.94. The summed E-state index contributed by atoms with van der Waals surface area (Å²) in [6.45, 7) is 0. The molecule has 3 aliphatic rings. The Kier molecular flexibility index (Phi) is 4.04. The number of nitrogens with zero attached hydrogens (tertiary/aromatic N) is 3. The predicted octanol–water partition coefficient (Wildman–Crippen LogP) is 1.06. The van der Waals surface area contributed by atoms with Crippen LogP contribution in [0.1, 0.15) is 44.1 Å². The second kappa shape index (κ2) is 6.59. The number of aliphatic hydroxyl groups excluding tert-OH is 1. The molecule has 0 spiro atoms. The molecule has 0 unspecified atom stereocenters. The number of rotatable bonds is 5. The van der Waals surface area contributed by atoms with Crippen molar-refractivity contribution in [1.82, 2.24) is 19.9 Å². The second-order valence-corrected chi connectivity index (χ2v) is 7.75. The molecule has 2 atom stereocenters. The first kappa shape index (κ1) is 17.2.